The Kier molecular flexibility index (Phi) is 4.91. The van der Waals surface area contributed by atoms with Crippen LogP contribution >= 0.6 is 0 Å². The van der Waals surface area contributed by atoms with Gasteiger partial charge in [-0.05, 0) is 32.8 Å². The third-order valence-corrected chi connectivity index (χ3v) is 6.24. The molecule has 8 nitrogen and oxygen atoms in total. The summed E-state index contributed by atoms with van der Waals surface area (Å²) < 4.78 is 10.9. The first-order valence-electron chi connectivity index (χ1n) is 9.93. The molecule has 0 bridgehead atoms. The van der Waals surface area contributed by atoms with E-state index in [2.05, 4.69) is 5.32 Å². The number of hydrogen-bond acceptors (Lipinski definition) is 5. The lowest BCUT2D eigenvalue weighted by Crippen LogP contribution is -2.67. The van der Waals surface area contributed by atoms with Gasteiger partial charge in [0.25, 0.3) is 5.91 Å². The summed E-state index contributed by atoms with van der Waals surface area (Å²) in [5, 5.41) is 3.02. The Balaban J connectivity index is 1.62. The Labute approximate surface area is 164 Å². The number of ether oxygens (including phenoxy) is 1. The smallest absolute Gasteiger partial charge is 0.257 e. The van der Waals surface area contributed by atoms with Crippen LogP contribution in [0, 0.1) is 19.3 Å². The molecule has 4 rings (SSSR count). The van der Waals surface area contributed by atoms with Crippen LogP contribution in [-0.4, -0.2) is 73.0 Å². The highest BCUT2D eigenvalue weighted by Gasteiger charge is 2.54. The van der Waals surface area contributed by atoms with Gasteiger partial charge in [0, 0.05) is 38.6 Å². The van der Waals surface area contributed by atoms with Crippen LogP contribution in [0.25, 0.3) is 0 Å². The van der Waals surface area contributed by atoms with Gasteiger partial charge in [-0.3, -0.25) is 14.4 Å². The molecule has 28 heavy (non-hydrogen) atoms. The Hall–Kier alpha value is -2.35. The van der Waals surface area contributed by atoms with Crippen LogP contribution in [0.2, 0.25) is 0 Å². The van der Waals surface area contributed by atoms with Crippen molar-refractivity contribution in [3.05, 3.63) is 23.2 Å². The largest absolute Gasteiger partial charge is 0.466 e. The predicted molar refractivity (Wildman–Crippen MR) is 99.7 cm³/mol. The maximum Gasteiger partial charge on any atom is 0.257 e. The molecule has 1 N–H and O–H groups in total. The Morgan fingerprint density at radius 1 is 1.18 bits per heavy atom. The Morgan fingerprint density at radius 3 is 2.61 bits per heavy atom. The highest BCUT2D eigenvalue weighted by atomic mass is 16.5. The molecule has 1 aromatic heterocycles. The van der Waals surface area contributed by atoms with Crippen molar-refractivity contribution in [1.82, 2.24) is 15.1 Å². The SMILES string of the molecule is Cc1cc(C(=O)N2CC[C@H]3NC(=O)CC[C@]3(C(=O)N3CCOCC3)C2)c(C)o1. The number of carbonyl (C=O) groups excluding carboxylic acids is 3. The van der Waals surface area contributed by atoms with E-state index in [1.54, 1.807) is 17.9 Å². The van der Waals surface area contributed by atoms with E-state index in [1.165, 1.54) is 0 Å². The van der Waals surface area contributed by atoms with Gasteiger partial charge in [0.1, 0.15) is 11.5 Å². The zero-order chi connectivity index (χ0) is 19.9. The van der Waals surface area contributed by atoms with Crippen molar-refractivity contribution >= 4 is 17.7 Å². The van der Waals surface area contributed by atoms with Crippen molar-refractivity contribution in [2.45, 2.75) is 39.2 Å². The molecule has 0 aliphatic carbocycles. The predicted octanol–water partition coefficient (Wildman–Crippen LogP) is 0.866. The molecule has 1 aromatic rings. The van der Waals surface area contributed by atoms with E-state index >= 15 is 0 Å². The minimum Gasteiger partial charge on any atom is -0.466 e. The number of nitrogens with one attached hydrogen (secondary N) is 1. The van der Waals surface area contributed by atoms with Gasteiger partial charge >= 0.3 is 0 Å². The van der Waals surface area contributed by atoms with Gasteiger partial charge in [0.2, 0.25) is 11.8 Å². The topological polar surface area (TPSA) is 92.1 Å². The van der Waals surface area contributed by atoms with Crippen LogP contribution in [0.4, 0.5) is 0 Å². The van der Waals surface area contributed by atoms with Crippen molar-refractivity contribution in [3.8, 4) is 0 Å². The molecule has 3 saturated heterocycles. The fraction of sp³-hybridized carbons (Fsp3) is 0.650. The first-order chi connectivity index (χ1) is 13.4. The maximum absolute atomic E-state index is 13.6. The Bertz CT molecular complexity index is 798. The normalized spacial score (nSPS) is 27.9. The van der Waals surface area contributed by atoms with E-state index in [-0.39, 0.29) is 23.8 Å². The molecule has 4 heterocycles. The second kappa shape index (κ2) is 7.24. The van der Waals surface area contributed by atoms with Gasteiger partial charge in [0.05, 0.1) is 24.2 Å². The number of rotatable bonds is 2. The highest BCUT2D eigenvalue weighted by Crippen LogP contribution is 2.40. The van der Waals surface area contributed by atoms with Crippen molar-refractivity contribution in [2.24, 2.45) is 5.41 Å². The number of nitrogens with zero attached hydrogens (tertiary/aromatic N) is 2. The number of morpholine rings is 1. The summed E-state index contributed by atoms with van der Waals surface area (Å²) in [6.45, 7) is 6.56. The molecule has 0 aromatic carbocycles. The van der Waals surface area contributed by atoms with Gasteiger partial charge in [-0.25, -0.2) is 0 Å². The van der Waals surface area contributed by atoms with Gasteiger partial charge in [-0.1, -0.05) is 0 Å². The molecule has 3 aliphatic heterocycles. The summed E-state index contributed by atoms with van der Waals surface area (Å²) in [7, 11) is 0. The average molecular weight is 389 g/mol. The quantitative estimate of drug-likeness (QED) is 0.810. The third-order valence-electron chi connectivity index (χ3n) is 6.24. The first kappa shape index (κ1) is 19.0. The van der Waals surface area contributed by atoms with Crippen LogP contribution in [0.1, 0.15) is 41.1 Å². The molecule has 0 unspecified atom stereocenters. The summed E-state index contributed by atoms with van der Waals surface area (Å²) in [6.07, 6.45) is 1.34. The molecule has 0 saturated carbocycles. The molecular weight excluding hydrogens is 362 g/mol. The number of furan rings is 1. The summed E-state index contributed by atoms with van der Waals surface area (Å²) >= 11 is 0. The molecular formula is C20H27N3O5. The lowest BCUT2D eigenvalue weighted by molar-refractivity contribution is -0.155. The second-order valence-corrected chi connectivity index (χ2v) is 8.02. The molecule has 0 radical (unpaired) electrons. The lowest BCUT2D eigenvalue weighted by atomic mass is 9.68. The first-order valence-corrected chi connectivity index (χ1v) is 9.93. The number of carbonyl (C=O) groups is 3. The fourth-order valence-electron chi connectivity index (χ4n) is 4.75. The monoisotopic (exact) mass is 389 g/mol. The molecule has 152 valence electrons. The second-order valence-electron chi connectivity index (χ2n) is 8.02. The summed E-state index contributed by atoms with van der Waals surface area (Å²) in [4.78, 5) is 42.3. The van der Waals surface area contributed by atoms with Gasteiger partial charge < -0.3 is 24.3 Å². The summed E-state index contributed by atoms with van der Waals surface area (Å²) in [5.74, 6) is 1.18. The van der Waals surface area contributed by atoms with Crippen LogP contribution < -0.4 is 5.32 Å². The van der Waals surface area contributed by atoms with E-state index in [0.29, 0.717) is 75.7 Å². The third kappa shape index (κ3) is 3.19. The standard InChI is InChI=1S/C20H27N3O5/c1-13-11-15(14(2)28-13)18(25)23-6-4-16-20(12-23,5-3-17(24)21-16)19(26)22-7-9-27-10-8-22/h11,16H,3-10,12H2,1-2H3,(H,21,24)/t16-,20+/m1/s1. The number of piperidine rings is 2. The van der Waals surface area contributed by atoms with Crippen LogP contribution in [0.3, 0.4) is 0 Å². The summed E-state index contributed by atoms with van der Waals surface area (Å²) in [5.41, 5.74) is -0.226. The molecule has 0 spiro atoms. The number of hydrogen-bond donors (Lipinski definition) is 1. The zero-order valence-electron chi connectivity index (χ0n) is 16.5. The van der Waals surface area contributed by atoms with Crippen LogP contribution in [-0.2, 0) is 14.3 Å². The molecule has 3 fully saturated rings. The van der Waals surface area contributed by atoms with Gasteiger partial charge in [0.15, 0.2) is 0 Å². The minimum atomic E-state index is -0.772. The van der Waals surface area contributed by atoms with Crippen molar-refractivity contribution in [2.75, 3.05) is 39.4 Å². The van der Waals surface area contributed by atoms with Crippen LogP contribution in [0.5, 0.6) is 0 Å². The minimum absolute atomic E-state index is 0.0171. The highest BCUT2D eigenvalue weighted by molar-refractivity contribution is 5.96. The summed E-state index contributed by atoms with van der Waals surface area (Å²) in [6, 6.07) is 1.52. The lowest BCUT2D eigenvalue weighted by Gasteiger charge is -2.51. The number of likely N-dealkylation sites (tertiary alicyclic amines) is 1. The van der Waals surface area contributed by atoms with E-state index in [0.717, 1.165) is 0 Å². The number of fused-ring (bicyclic) bond motifs is 1. The van der Waals surface area contributed by atoms with Crippen LogP contribution in [0.15, 0.2) is 10.5 Å². The Morgan fingerprint density at radius 2 is 1.93 bits per heavy atom. The van der Waals surface area contributed by atoms with Crippen molar-refractivity contribution < 1.29 is 23.5 Å². The molecule has 3 aliphatic rings. The number of amides is 3. The maximum atomic E-state index is 13.6. The van der Waals surface area contributed by atoms with Gasteiger partial charge in [-0.15, -0.1) is 0 Å². The van der Waals surface area contributed by atoms with Gasteiger partial charge in [-0.2, -0.15) is 0 Å². The zero-order valence-corrected chi connectivity index (χ0v) is 16.5. The fourth-order valence-corrected chi connectivity index (χ4v) is 4.75. The molecule has 8 heteroatoms. The van der Waals surface area contributed by atoms with Crippen molar-refractivity contribution in [3.63, 3.8) is 0 Å². The molecule has 2 atom stereocenters. The molecule has 3 amide bonds. The van der Waals surface area contributed by atoms with E-state index in [1.807, 2.05) is 11.8 Å². The average Bonchev–Trinajstić information content (AvgIpc) is 3.05. The van der Waals surface area contributed by atoms with E-state index in [9.17, 15) is 14.4 Å². The van der Waals surface area contributed by atoms with E-state index in [4.69, 9.17) is 9.15 Å². The van der Waals surface area contributed by atoms with E-state index < -0.39 is 5.41 Å². The number of aryl methyl sites for hydroxylation is 2. The van der Waals surface area contributed by atoms with Crippen molar-refractivity contribution in [1.29, 1.82) is 0 Å².